The second-order valence-corrected chi connectivity index (χ2v) is 2.78. The molecule has 4 heteroatoms. The molecule has 0 spiro atoms. The number of hydrogen-bond acceptors (Lipinski definition) is 3. The van der Waals surface area contributed by atoms with E-state index in [1.165, 1.54) is 7.11 Å². The van der Waals surface area contributed by atoms with Crippen LogP contribution in [0.5, 0.6) is 11.5 Å². The lowest BCUT2D eigenvalue weighted by atomic mass is 10.2. The molecule has 0 aliphatic rings. The van der Waals surface area contributed by atoms with E-state index < -0.39 is 6.16 Å². The molecule has 0 amide bonds. The summed E-state index contributed by atoms with van der Waals surface area (Å²) in [6, 6.07) is 5.02. The number of methoxy groups -OCH3 is 1. The van der Waals surface area contributed by atoms with Crippen LogP contribution < -0.4 is 9.47 Å². The van der Waals surface area contributed by atoms with Gasteiger partial charge in [0.1, 0.15) is 0 Å². The molecule has 4 nitrogen and oxygen atoms in total. The quantitative estimate of drug-likeness (QED) is 0.613. The molecular weight excluding hydrogens is 196 g/mol. The third-order valence-corrected chi connectivity index (χ3v) is 1.74. The highest BCUT2D eigenvalue weighted by Gasteiger charge is 2.08. The number of rotatable bonds is 3. The molecular formula is C11H12O4. The molecule has 0 bridgehead atoms. The zero-order valence-electron chi connectivity index (χ0n) is 8.56. The maximum atomic E-state index is 10.4. The fourth-order valence-electron chi connectivity index (χ4n) is 1.16. The van der Waals surface area contributed by atoms with E-state index in [2.05, 4.69) is 4.74 Å². The fraction of sp³-hybridized carbons (Fsp3) is 0.182. The minimum atomic E-state index is -1.35. The van der Waals surface area contributed by atoms with Crippen LogP contribution in [-0.2, 0) is 0 Å². The topological polar surface area (TPSA) is 55.8 Å². The molecule has 0 saturated carbocycles. The molecule has 0 heterocycles. The highest BCUT2D eigenvalue weighted by molar-refractivity contribution is 5.64. The summed E-state index contributed by atoms with van der Waals surface area (Å²) in [5.41, 5.74) is 0.923. The van der Waals surface area contributed by atoms with E-state index in [9.17, 15) is 4.79 Å². The monoisotopic (exact) mass is 208 g/mol. The SMILES string of the molecule is CC=Cc1ccc(OC(=O)O)c(OC)c1. The lowest BCUT2D eigenvalue weighted by molar-refractivity contribution is 0.143. The van der Waals surface area contributed by atoms with Gasteiger partial charge >= 0.3 is 6.16 Å². The molecule has 1 rings (SSSR count). The Morgan fingerprint density at radius 2 is 2.13 bits per heavy atom. The van der Waals surface area contributed by atoms with Crippen LogP contribution in [0, 0.1) is 0 Å². The Kier molecular flexibility index (Phi) is 3.74. The Hall–Kier alpha value is -1.97. The van der Waals surface area contributed by atoms with E-state index in [4.69, 9.17) is 9.84 Å². The average Bonchev–Trinajstić information content (AvgIpc) is 2.20. The molecule has 1 aromatic carbocycles. The summed E-state index contributed by atoms with van der Waals surface area (Å²) in [7, 11) is 1.46. The molecule has 0 unspecified atom stereocenters. The van der Waals surface area contributed by atoms with Crippen molar-refractivity contribution in [2.24, 2.45) is 0 Å². The Balaban J connectivity index is 3.03. The predicted molar refractivity (Wildman–Crippen MR) is 56.4 cm³/mol. The van der Waals surface area contributed by atoms with Crippen LogP contribution in [-0.4, -0.2) is 18.4 Å². The van der Waals surface area contributed by atoms with E-state index >= 15 is 0 Å². The minimum absolute atomic E-state index is 0.193. The first-order chi connectivity index (χ1) is 7.17. The molecule has 0 aliphatic carbocycles. The molecule has 0 fully saturated rings. The average molecular weight is 208 g/mol. The first kappa shape index (κ1) is 11.1. The van der Waals surface area contributed by atoms with Gasteiger partial charge in [0.2, 0.25) is 0 Å². The summed E-state index contributed by atoms with van der Waals surface area (Å²) >= 11 is 0. The lowest BCUT2D eigenvalue weighted by Gasteiger charge is -2.07. The van der Waals surface area contributed by atoms with Crippen molar-refractivity contribution in [3.8, 4) is 11.5 Å². The first-order valence-corrected chi connectivity index (χ1v) is 4.39. The Morgan fingerprint density at radius 1 is 1.40 bits per heavy atom. The maximum absolute atomic E-state index is 10.4. The van der Waals surface area contributed by atoms with Crippen LogP contribution in [0.2, 0.25) is 0 Å². The normalized spacial score (nSPS) is 10.3. The number of carboxylic acid groups (broad SMARTS) is 1. The van der Waals surface area contributed by atoms with Gasteiger partial charge in [-0.3, -0.25) is 0 Å². The summed E-state index contributed by atoms with van der Waals surface area (Å²) in [6.45, 7) is 1.90. The van der Waals surface area contributed by atoms with Gasteiger partial charge in [0.05, 0.1) is 7.11 Å². The van der Waals surface area contributed by atoms with Crippen LogP contribution in [0.3, 0.4) is 0 Å². The van der Waals surface area contributed by atoms with E-state index in [0.717, 1.165) is 5.56 Å². The zero-order valence-corrected chi connectivity index (χ0v) is 8.56. The summed E-state index contributed by atoms with van der Waals surface area (Å²) in [5.74, 6) is 0.589. The first-order valence-electron chi connectivity index (χ1n) is 4.39. The van der Waals surface area contributed by atoms with E-state index in [1.54, 1.807) is 18.2 Å². The second-order valence-electron chi connectivity index (χ2n) is 2.78. The smallest absolute Gasteiger partial charge is 0.493 e. The highest BCUT2D eigenvalue weighted by atomic mass is 16.7. The second kappa shape index (κ2) is 5.05. The molecule has 1 aromatic rings. The van der Waals surface area contributed by atoms with Gasteiger partial charge in [-0.15, -0.1) is 0 Å². The number of benzene rings is 1. The molecule has 0 aromatic heterocycles. The molecule has 15 heavy (non-hydrogen) atoms. The van der Waals surface area contributed by atoms with Crippen LogP contribution in [0.25, 0.3) is 6.08 Å². The van der Waals surface area contributed by atoms with E-state index in [1.807, 2.05) is 19.1 Å². The van der Waals surface area contributed by atoms with Gasteiger partial charge in [0.25, 0.3) is 0 Å². The van der Waals surface area contributed by atoms with Crippen molar-refractivity contribution in [3.63, 3.8) is 0 Å². The number of carbonyl (C=O) groups is 1. The molecule has 0 radical (unpaired) electrons. The van der Waals surface area contributed by atoms with Crippen LogP contribution in [0.15, 0.2) is 24.3 Å². The predicted octanol–water partition coefficient (Wildman–Crippen LogP) is 2.79. The van der Waals surface area contributed by atoms with Crippen molar-refractivity contribution in [1.29, 1.82) is 0 Å². The fourth-order valence-corrected chi connectivity index (χ4v) is 1.16. The zero-order chi connectivity index (χ0) is 11.3. The van der Waals surface area contributed by atoms with Crippen molar-refractivity contribution >= 4 is 12.2 Å². The number of allylic oxidation sites excluding steroid dienone is 1. The van der Waals surface area contributed by atoms with Gasteiger partial charge < -0.3 is 14.6 Å². The molecule has 0 atom stereocenters. The van der Waals surface area contributed by atoms with Crippen molar-refractivity contribution < 1.29 is 19.4 Å². The molecule has 80 valence electrons. The summed E-state index contributed by atoms with van der Waals surface area (Å²) in [4.78, 5) is 10.4. The summed E-state index contributed by atoms with van der Waals surface area (Å²) in [5, 5.41) is 8.47. The Morgan fingerprint density at radius 3 is 2.67 bits per heavy atom. The lowest BCUT2D eigenvalue weighted by Crippen LogP contribution is -2.04. The van der Waals surface area contributed by atoms with Gasteiger partial charge in [-0.05, 0) is 24.6 Å². The van der Waals surface area contributed by atoms with Gasteiger partial charge in [0.15, 0.2) is 11.5 Å². The van der Waals surface area contributed by atoms with Crippen molar-refractivity contribution in [2.75, 3.05) is 7.11 Å². The van der Waals surface area contributed by atoms with Crippen LogP contribution in [0.4, 0.5) is 4.79 Å². The molecule has 0 saturated heterocycles. The Bertz CT molecular complexity index is 382. The van der Waals surface area contributed by atoms with Crippen molar-refractivity contribution in [3.05, 3.63) is 29.8 Å². The number of ether oxygens (including phenoxy) is 2. The molecule has 1 N–H and O–H groups in total. The maximum Gasteiger partial charge on any atom is 0.511 e. The van der Waals surface area contributed by atoms with Gasteiger partial charge in [-0.1, -0.05) is 18.2 Å². The van der Waals surface area contributed by atoms with Gasteiger partial charge in [0, 0.05) is 0 Å². The number of hydrogen-bond donors (Lipinski definition) is 1. The third kappa shape index (κ3) is 3.02. The molecule has 0 aliphatic heterocycles. The minimum Gasteiger partial charge on any atom is -0.493 e. The van der Waals surface area contributed by atoms with Crippen LogP contribution in [0.1, 0.15) is 12.5 Å². The van der Waals surface area contributed by atoms with Gasteiger partial charge in [-0.2, -0.15) is 0 Å². The third-order valence-electron chi connectivity index (χ3n) is 1.74. The van der Waals surface area contributed by atoms with E-state index in [0.29, 0.717) is 5.75 Å². The van der Waals surface area contributed by atoms with Crippen molar-refractivity contribution in [2.45, 2.75) is 6.92 Å². The van der Waals surface area contributed by atoms with E-state index in [-0.39, 0.29) is 5.75 Å². The van der Waals surface area contributed by atoms with Crippen LogP contribution >= 0.6 is 0 Å². The summed E-state index contributed by atoms with van der Waals surface area (Å²) in [6.07, 6.45) is 2.41. The highest BCUT2D eigenvalue weighted by Crippen LogP contribution is 2.28. The summed E-state index contributed by atoms with van der Waals surface area (Å²) < 4.78 is 9.55. The largest absolute Gasteiger partial charge is 0.511 e. The standard InChI is InChI=1S/C11H12O4/c1-3-4-8-5-6-9(15-11(12)13)10(7-8)14-2/h3-7H,1-2H3,(H,12,13). The Labute approximate surface area is 87.7 Å². The van der Waals surface area contributed by atoms with Gasteiger partial charge in [-0.25, -0.2) is 4.79 Å². The van der Waals surface area contributed by atoms with Crippen molar-refractivity contribution in [1.82, 2.24) is 0 Å².